The number of hydrogen-bond acceptors (Lipinski definition) is 4. The standard InChI is InChI=1S/C22H35N5O2.HI/c23-22(26-19-7-3-1-2-4-8-19)24-17-18-6-5-9-20(16-18)25-21(28)10-11-27-12-14-29-15-13-27;/h5-6,9,16,19H,1-4,7-8,10-15,17H2,(H,25,28)(H3,23,24,26);1H. The molecule has 1 heterocycles. The highest BCUT2D eigenvalue weighted by Gasteiger charge is 2.13. The number of nitrogens with two attached hydrogens (primary N) is 1. The molecule has 2 fully saturated rings. The fourth-order valence-electron chi connectivity index (χ4n) is 3.91. The van der Waals surface area contributed by atoms with E-state index in [1.165, 1.54) is 38.5 Å². The highest BCUT2D eigenvalue weighted by atomic mass is 127. The number of benzene rings is 1. The molecule has 0 atom stereocenters. The van der Waals surface area contributed by atoms with Gasteiger partial charge in [-0.2, -0.15) is 0 Å². The third-order valence-electron chi connectivity index (χ3n) is 5.61. The van der Waals surface area contributed by atoms with Crippen molar-refractivity contribution in [1.82, 2.24) is 10.2 Å². The van der Waals surface area contributed by atoms with Crippen molar-refractivity contribution >= 4 is 41.5 Å². The van der Waals surface area contributed by atoms with Gasteiger partial charge in [-0.05, 0) is 30.5 Å². The first-order valence-electron chi connectivity index (χ1n) is 10.9. The smallest absolute Gasteiger partial charge is 0.225 e. The number of hydrogen-bond donors (Lipinski definition) is 3. The molecule has 1 aromatic rings. The highest BCUT2D eigenvalue weighted by molar-refractivity contribution is 14.0. The van der Waals surface area contributed by atoms with Crippen molar-refractivity contribution in [2.45, 2.75) is 57.5 Å². The SMILES string of the molecule is I.NC(=NCc1cccc(NC(=O)CCN2CCOCC2)c1)NC1CCCCCC1. The van der Waals surface area contributed by atoms with E-state index in [4.69, 9.17) is 10.5 Å². The first kappa shape index (κ1) is 24.9. The van der Waals surface area contributed by atoms with Gasteiger partial charge in [-0.3, -0.25) is 9.69 Å². The number of halogens is 1. The summed E-state index contributed by atoms with van der Waals surface area (Å²) in [6.07, 6.45) is 7.99. The molecule has 1 saturated carbocycles. The van der Waals surface area contributed by atoms with Crippen LogP contribution in [0.3, 0.4) is 0 Å². The lowest BCUT2D eigenvalue weighted by Gasteiger charge is -2.26. The van der Waals surface area contributed by atoms with Gasteiger partial charge in [-0.15, -0.1) is 24.0 Å². The van der Waals surface area contributed by atoms with Gasteiger partial charge in [0.1, 0.15) is 0 Å². The zero-order chi connectivity index (χ0) is 20.3. The van der Waals surface area contributed by atoms with E-state index in [0.29, 0.717) is 25.0 Å². The number of ether oxygens (including phenoxy) is 1. The van der Waals surface area contributed by atoms with Crippen LogP contribution in [-0.2, 0) is 16.1 Å². The Bertz CT molecular complexity index is 671. The first-order valence-corrected chi connectivity index (χ1v) is 10.9. The maximum absolute atomic E-state index is 12.3. The Hall–Kier alpha value is -1.39. The zero-order valence-corrected chi connectivity index (χ0v) is 20.1. The van der Waals surface area contributed by atoms with Crippen molar-refractivity contribution in [3.05, 3.63) is 29.8 Å². The fourth-order valence-corrected chi connectivity index (χ4v) is 3.91. The summed E-state index contributed by atoms with van der Waals surface area (Å²) in [7, 11) is 0. The third kappa shape index (κ3) is 9.18. The van der Waals surface area contributed by atoms with Crippen molar-refractivity contribution in [1.29, 1.82) is 0 Å². The Morgan fingerprint density at radius 1 is 1.17 bits per heavy atom. The van der Waals surface area contributed by atoms with Crippen LogP contribution in [-0.4, -0.2) is 55.7 Å². The van der Waals surface area contributed by atoms with E-state index in [2.05, 4.69) is 20.5 Å². The van der Waals surface area contributed by atoms with Gasteiger partial charge in [0.05, 0.1) is 19.8 Å². The number of nitrogens with one attached hydrogen (secondary N) is 2. The molecule has 0 radical (unpaired) electrons. The van der Waals surface area contributed by atoms with Gasteiger partial charge in [-0.25, -0.2) is 4.99 Å². The Kier molecular flexibility index (Phi) is 11.5. The number of guanidine groups is 1. The van der Waals surface area contributed by atoms with Gasteiger partial charge in [0.15, 0.2) is 5.96 Å². The number of morpholine rings is 1. The fraction of sp³-hybridized carbons (Fsp3) is 0.636. The summed E-state index contributed by atoms with van der Waals surface area (Å²) in [4.78, 5) is 19.0. The second-order valence-corrected chi connectivity index (χ2v) is 7.99. The normalized spacial score (nSPS) is 18.9. The molecule has 0 unspecified atom stereocenters. The Morgan fingerprint density at radius 3 is 2.63 bits per heavy atom. The van der Waals surface area contributed by atoms with E-state index >= 15 is 0 Å². The second kappa shape index (κ2) is 13.8. The van der Waals surface area contributed by atoms with E-state index in [0.717, 1.165) is 44.1 Å². The number of amides is 1. The van der Waals surface area contributed by atoms with Crippen molar-refractivity contribution in [3.8, 4) is 0 Å². The molecule has 1 aliphatic heterocycles. The molecule has 8 heteroatoms. The number of anilines is 1. The summed E-state index contributed by atoms with van der Waals surface area (Å²) in [5.74, 6) is 0.545. The number of rotatable bonds is 7. The molecule has 0 spiro atoms. The second-order valence-electron chi connectivity index (χ2n) is 7.99. The lowest BCUT2D eigenvalue weighted by Crippen LogP contribution is -2.39. The minimum absolute atomic E-state index is 0. The molecule has 1 amide bonds. The molecule has 3 rings (SSSR count). The van der Waals surface area contributed by atoms with Gasteiger partial charge in [0.2, 0.25) is 5.91 Å². The van der Waals surface area contributed by atoms with Gasteiger partial charge >= 0.3 is 0 Å². The minimum atomic E-state index is 0. The van der Waals surface area contributed by atoms with Crippen LogP contribution in [0.1, 0.15) is 50.5 Å². The van der Waals surface area contributed by atoms with Crippen molar-refractivity contribution in [2.24, 2.45) is 10.7 Å². The predicted molar refractivity (Wildman–Crippen MR) is 132 cm³/mol. The van der Waals surface area contributed by atoms with Gasteiger partial charge in [0.25, 0.3) is 0 Å². The summed E-state index contributed by atoms with van der Waals surface area (Å²) in [5.41, 5.74) is 7.92. The zero-order valence-electron chi connectivity index (χ0n) is 17.8. The van der Waals surface area contributed by atoms with E-state index < -0.39 is 0 Å². The van der Waals surface area contributed by atoms with Crippen LogP contribution in [0.5, 0.6) is 0 Å². The number of carbonyl (C=O) groups is 1. The van der Waals surface area contributed by atoms with Crippen molar-refractivity contribution in [2.75, 3.05) is 38.2 Å². The minimum Gasteiger partial charge on any atom is -0.379 e. The molecule has 30 heavy (non-hydrogen) atoms. The molecule has 1 saturated heterocycles. The largest absolute Gasteiger partial charge is 0.379 e. The number of nitrogens with zero attached hydrogens (tertiary/aromatic N) is 2. The molecule has 4 N–H and O–H groups in total. The van der Waals surface area contributed by atoms with Crippen LogP contribution in [0.15, 0.2) is 29.3 Å². The van der Waals surface area contributed by atoms with Crippen LogP contribution in [0.25, 0.3) is 0 Å². The van der Waals surface area contributed by atoms with Crippen LogP contribution >= 0.6 is 24.0 Å². The van der Waals surface area contributed by atoms with Gasteiger partial charge in [-0.1, -0.05) is 37.8 Å². The average molecular weight is 529 g/mol. The number of aliphatic imine (C=N–C) groups is 1. The molecule has 7 nitrogen and oxygen atoms in total. The summed E-state index contributed by atoms with van der Waals surface area (Å²) in [5, 5.41) is 6.36. The third-order valence-corrected chi connectivity index (χ3v) is 5.61. The van der Waals surface area contributed by atoms with Gasteiger partial charge in [0, 0.05) is 37.8 Å². The van der Waals surface area contributed by atoms with E-state index in [-0.39, 0.29) is 29.9 Å². The monoisotopic (exact) mass is 529 g/mol. The van der Waals surface area contributed by atoms with Crippen molar-refractivity contribution < 1.29 is 9.53 Å². The number of carbonyl (C=O) groups excluding carboxylic acids is 1. The molecular weight excluding hydrogens is 493 g/mol. The van der Waals surface area contributed by atoms with Crippen LogP contribution in [0.4, 0.5) is 5.69 Å². The summed E-state index contributed by atoms with van der Waals surface area (Å²) in [6, 6.07) is 8.27. The highest BCUT2D eigenvalue weighted by Crippen LogP contribution is 2.17. The molecule has 1 aromatic carbocycles. The topological polar surface area (TPSA) is 92.0 Å². The molecule has 0 bridgehead atoms. The Morgan fingerprint density at radius 2 is 1.90 bits per heavy atom. The molecule has 0 aromatic heterocycles. The van der Waals surface area contributed by atoms with E-state index in [9.17, 15) is 4.79 Å². The van der Waals surface area contributed by atoms with Crippen LogP contribution < -0.4 is 16.4 Å². The van der Waals surface area contributed by atoms with Crippen molar-refractivity contribution in [3.63, 3.8) is 0 Å². The van der Waals surface area contributed by atoms with Crippen LogP contribution in [0.2, 0.25) is 0 Å². The molecular formula is C22H36IN5O2. The lowest BCUT2D eigenvalue weighted by atomic mass is 10.1. The maximum atomic E-state index is 12.3. The maximum Gasteiger partial charge on any atom is 0.225 e. The molecule has 168 valence electrons. The summed E-state index contributed by atoms with van der Waals surface area (Å²) in [6.45, 7) is 4.57. The van der Waals surface area contributed by atoms with E-state index in [1.807, 2.05) is 24.3 Å². The average Bonchev–Trinajstić information content (AvgIpc) is 3.00. The van der Waals surface area contributed by atoms with Gasteiger partial charge < -0.3 is 21.1 Å². The lowest BCUT2D eigenvalue weighted by molar-refractivity contribution is -0.116. The molecule has 1 aliphatic carbocycles. The van der Waals surface area contributed by atoms with E-state index in [1.54, 1.807) is 0 Å². The predicted octanol–water partition coefficient (Wildman–Crippen LogP) is 3.09. The summed E-state index contributed by atoms with van der Waals surface area (Å²) >= 11 is 0. The quantitative estimate of drug-likeness (QED) is 0.219. The summed E-state index contributed by atoms with van der Waals surface area (Å²) < 4.78 is 5.34. The van der Waals surface area contributed by atoms with Crippen LogP contribution in [0, 0.1) is 0 Å². The Balaban J connectivity index is 0.00000320. The first-order chi connectivity index (χ1) is 14.2. The molecule has 2 aliphatic rings. The Labute approximate surface area is 197 Å².